The van der Waals surface area contributed by atoms with Gasteiger partial charge in [-0.2, -0.15) is 0 Å². The van der Waals surface area contributed by atoms with E-state index in [-0.39, 0.29) is 12.4 Å². The van der Waals surface area contributed by atoms with Crippen molar-refractivity contribution in [1.82, 2.24) is 0 Å². The zero-order valence-corrected chi connectivity index (χ0v) is 17.1. The van der Waals surface area contributed by atoms with Crippen molar-refractivity contribution in [3.63, 3.8) is 0 Å². The van der Waals surface area contributed by atoms with Crippen LogP contribution in [0, 0.1) is 5.82 Å². The molecule has 0 N–H and O–H groups in total. The second kappa shape index (κ2) is 10.0. The van der Waals surface area contributed by atoms with Gasteiger partial charge in [-0.3, -0.25) is 0 Å². The SMILES string of the molecule is C=C(OC)/C(=C/OC)c1ccccc1COc1ccc(N2CCCCC2)c(F)c1. The first-order valence-corrected chi connectivity index (χ1v) is 9.86. The molecule has 154 valence electrons. The van der Waals surface area contributed by atoms with E-state index in [1.54, 1.807) is 20.5 Å². The van der Waals surface area contributed by atoms with Gasteiger partial charge in [0.25, 0.3) is 0 Å². The first-order chi connectivity index (χ1) is 14.1. The second-order valence-corrected chi connectivity index (χ2v) is 7.00. The molecule has 0 aliphatic carbocycles. The highest BCUT2D eigenvalue weighted by atomic mass is 19.1. The minimum Gasteiger partial charge on any atom is -0.504 e. The predicted molar refractivity (Wildman–Crippen MR) is 114 cm³/mol. The molecule has 0 amide bonds. The van der Waals surface area contributed by atoms with Crippen LogP contribution in [0.4, 0.5) is 10.1 Å². The van der Waals surface area contributed by atoms with Gasteiger partial charge in [0.1, 0.15) is 23.9 Å². The van der Waals surface area contributed by atoms with Crippen LogP contribution in [-0.4, -0.2) is 27.3 Å². The van der Waals surface area contributed by atoms with E-state index in [1.807, 2.05) is 36.4 Å². The minimum atomic E-state index is -0.245. The van der Waals surface area contributed by atoms with Crippen molar-refractivity contribution in [3.8, 4) is 5.75 Å². The highest BCUT2D eigenvalue weighted by Crippen LogP contribution is 2.29. The van der Waals surface area contributed by atoms with Crippen LogP contribution in [0.25, 0.3) is 5.57 Å². The van der Waals surface area contributed by atoms with Crippen molar-refractivity contribution in [2.75, 3.05) is 32.2 Å². The van der Waals surface area contributed by atoms with E-state index in [1.165, 1.54) is 12.5 Å². The Labute approximate surface area is 172 Å². The molecule has 3 rings (SSSR count). The van der Waals surface area contributed by atoms with Crippen LogP contribution in [0.1, 0.15) is 30.4 Å². The summed E-state index contributed by atoms with van der Waals surface area (Å²) in [7, 11) is 3.15. The maximum atomic E-state index is 14.6. The molecule has 0 saturated carbocycles. The molecular weight excluding hydrogens is 369 g/mol. The standard InChI is InChI=1S/C24H28FNO3/c1-18(28-3)22(17-27-2)21-10-6-5-9-19(21)16-29-20-11-12-24(23(25)15-20)26-13-7-4-8-14-26/h5-6,9-12,15,17H,1,4,7-8,13-14,16H2,2-3H3/b22-17-. The molecule has 5 heteroatoms. The van der Waals surface area contributed by atoms with Crippen molar-refractivity contribution < 1.29 is 18.6 Å². The van der Waals surface area contributed by atoms with E-state index in [0.717, 1.165) is 42.6 Å². The van der Waals surface area contributed by atoms with E-state index in [2.05, 4.69) is 11.5 Å². The molecule has 2 aromatic carbocycles. The number of methoxy groups -OCH3 is 2. The number of anilines is 1. The molecule has 0 spiro atoms. The van der Waals surface area contributed by atoms with Crippen LogP contribution in [-0.2, 0) is 16.1 Å². The minimum absolute atomic E-state index is 0.245. The Balaban J connectivity index is 1.76. The molecule has 2 aromatic rings. The summed E-state index contributed by atoms with van der Waals surface area (Å²) in [5.74, 6) is 0.752. The van der Waals surface area contributed by atoms with Crippen molar-refractivity contribution >= 4 is 11.3 Å². The van der Waals surface area contributed by atoms with Crippen molar-refractivity contribution in [2.45, 2.75) is 25.9 Å². The summed E-state index contributed by atoms with van der Waals surface area (Å²) in [4.78, 5) is 2.11. The molecule has 0 aromatic heterocycles. The number of ether oxygens (including phenoxy) is 3. The third kappa shape index (κ3) is 5.11. The summed E-state index contributed by atoms with van der Waals surface area (Å²) < 4.78 is 31.0. The molecule has 0 unspecified atom stereocenters. The molecule has 29 heavy (non-hydrogen) atoms. The molecule has 1 aliphatic rings. The fourth-order valence-corrected chi connectivity index (χ4v) is 3.55. The lowest BCUT2D eigenvalue weighted by molar-refractivity contribution is 0.299. The molecule has 1 aliphatic heterocycles. The smallest absolute Gasteiger partial charge is 0.150 e. The summed E-state index contributed by atoms with van der Waals surface area (Å²) in [5.41, 5.74) is 3.21. The molecule has 0 atom stereocenters. The van der Waals surface area contributed by atoms with Gasteiger partial charge in [-0.05, 0) is 42.5 Å². The first-order valence-electron chi connectivity index (χ1n) is 9.86. The Hall–Kier alpha value is -2.95. The maximum Gasteiger partial charge on any atom is 0.150 e. The van der Waals surface area contributed by atoms with Gasteiger partial charge in [0.2, 0.25) is 0 Å². The van der Waals surface area contributed by atoms with E-state index in [0.29, 0.717) is 17.2 Å². The lowest BCUT2D eigenvalue weighted by atomic mass is 10.00. The van der Waals surface area contributed by atoms with Gasteiger partial charge in [0.05, 0.1) is 31.7 Å². The van der Waals surface area contributed by atoms with Crippen molar-refractivity contribution in [2.24, 2.45) is 0 Å². The third-order valence-corrected chi connectivity index (χ3v) is 5.10. The Kier molecular flexibility index (Phi) is 7.17. The van der Waals surface area contributed by atoms with E-state index in [9.17, 15) is 4.39 Å². The predicted octanol–water partition coefficient (Wildman–Crippen LogP) is 5.54. The van der Waals surface area contributed by atoms with E-state index >= 15 is 0 Å². The molecule has 0 radical (unpaired) electrons. The number of nitrogens with zero attached hydrogens (tertiary/aromatic N) is 1. The van der Waals surface area contributed by atoms with Crippen LogP contribution in [0.5, 0.6) is 5.75 Å². The number of benzene rings is 2. The van der Waals surface area contributed by atoms with E-state index < -0.39 is 0 Å². The summed E-state index contributed by atoms with van der Waals surface area (Å²) in [6.45, 7) is 6.03. The van der Waals surface area contributed by atoms with Crippen molar-refractivity contribution in [1.29, 1.82) is 0 Å². The zero-order valence-electron chi connectivity index (χ0n) is 17.1. The van der Waals surface area contributed by atoms with Gasteiger partial charge in [-0.25, -0.2) is 4.39 Å². The zero-order chi connectivity index (χ0) is 20.6. The third-order valence-electron chi connectivity index (χ3n) is 5.10. The fraction of sp³-hybridized carbons (Fsp3) is 0.333. The normalized spacial score (nSPS) is 14.4. The summed E-state index contributed by atoms with van der Waals surface area (Å²) in [6, 6.07) is 12.9. The Morgan fingerprint density at radius 1 is 1.10 bits per heavy atom. The van der Waals surface area contributed by atoms with Crippen LogP contribution >= 0.6 is 0 Å². The highest BCUT2D eigenvalue weighted by Gasteiger charge is 2.16. The maximum absolute atomic E-state index is 14.6. The molecule has 1 saturated heterocycles. The average molecular weight is 397 g/mol. The van der Waals surface area contributed by atoms with Crippen LogP contribution < -0.4 is 9.64 Å². The Morgan fingerprint density at radius 2 is 1.86 bits per heavy atom. The number of hydrogen-bond acceptors (Lipinski definition) is 4. The Morgan fingerprint density at radius 3 is 2.55 bits per heavy atom. The quantitative estimate of drug-likeness (QED) is 0.432. The fourth-order valence-electron chi connectivity index (χ4n) is 3.55. The molecular formula is C24H28FNO3. The number of rotatable bonds is 8. The van der Waals surface area contributed by atoms with Gasteiger partial charge in [0.15, 0.2) is 0 Å². The summed E-state index contributed by atoms with van der Waals surface area (Å²) in [6.07, 6.45) is 5.03. The molecule has 1 heterocycles. The molecule has 0 bridgehead atoms. The lowest BCUT2D eigenvalue weighted by Gasteiger charge is -2.29. The summed E-state index contributed by atoms with van der Waals surface area (Å²) in [5, 5.41) is 0. The lowest BCUT2D eigenvalue weighted by Crippen LogP contribution is -2.30. The highest BCUT2D eigenvalue weighted by molar-refractivity contribution is 5.77. The number of allylic oxidation sites excluding steroid dienone is 1. The monoisotopic (exact) mass is 397 g/mol. The summed E-state index contributed by atoms with van der Waals surface area (Å²) >= 11 is 0. The molecule has 4 nitrogen and oxygen atoms in total. The number of piperidine rings is 1. The van der Waals surface area contributed by atoms with Gasteiger partial charge in [-0.15, -0.1) is 0 Å². The van der Waals surface area contributed by atoms with Crippen molar-refractivity contribution in [3.05, 3.63) is 78.0 Å². The van der Waals surface area contributed by atoms with Gasteiger partial charge < -0.3 is 19.1 Å². The Bertz CT molecular complexity index is 872. The topological polar surface area (TPSA) is 30.9 Å². The average Bonchev–Trinajstić information content (AvgIpc) is 2.76. The molecule has 1 fully saturated rings. The van der Waals surface area contributed by atoms with Gasteiger partial charge >= 0.3 is 0 Å². The van der Waals surface area contributed by atoms with Gasteiger partial charge in [-0.1, -0.05) is 30.8 Å². The van der Waals surface area contributed by atoms with Gasteiger partial charge in [0, 0.05) is 19.2 Å². The number of hydrogen-bond donors (Lipinski definition) is 0. The van der Waals surface area contributed by atoms with E-state index in [4.69, 9.17) is 14.2 Å². The van der Waals surface area contributed by atoms with Crippen LogP contribution in [0.2, 0.25) is 0 Å². The second-order valence-electron chi connectivity index (χ2n) is 7.00. The number of halogens is 1. The van der Waals surface area contributed by atoms with Crippen LogP contribution in [0.3, 0.4) is 0 Å². The largest absolute Gasteiger partial charge is 0.504 e. The first kappa shape index (κ1) is 20.8. The van der Waals surface area contributed by atoms with Crippen LogP contribution in [0.15, 0.2) is 61.1 Å².